The van der Waals surface area contributed by atoms with Crippen LogP contribution in [-0.4, -0.2) is 48.2 Å². The van der Waals surface area contributed by atoms with Crippen LogP contribution in [0.25, 0.3) is 0 Å². The van der Waals surface area contributed by atoms with Gasteiger partial charge in [-0.3, -0.25) is 9.59 Å². The highest BCUT2D eigenvalue weighted by Gasteiger charge is 2.45. The van der Waals surface area contributed by atoms with E-state index in [1.165, 1.54) is 12.1 Å². The molecule has 9 nitrogen and oxygen atoms in total. The maximum atomic E-state index is 12.8. The second-order valence-electron chi connectivity index (χ2n) is 4.91. The minimum Gasteiger partial charge on any atom is -0.464 e. The van der Waals surface area contributed by atoms with Crippen molar-refractivity contribution in [2.45, 2.75) is 0 Å². The number of aromatic nitrogens is 2. The SMILES string of the molecule is COC(=O)c1nnc(C(=O)OC)c2c1C(=O)N(c1ccccc1)C2=O. The van der Waals surface area contributed by atoms with Crippen molar-refractivity contribution in [3.63, 3.8) is 0 Å². The average molecular weight is 341 g/mol. The van der Waals surface area contributed by atoms with Crippen LogP contribution in [0.2, 0.25) is 0 Å². The molecular weight excluding hydrogens is 330 g/mol. The molecule has 25 heavy (non-hydrogen) atoms. The molecular formula is C16H11N3O6. The highest BCUT2D eigenvalue weighted by molar-refractivity contribution is 6.37. The maximum absolute atomic E-state index is 12.8. The van der Waals surface area contributed by atoms with E-state index < -0.39 is 35.1 Å². The zero-order valence-electron chi connectivity index (χ0n) is 13.2. The van der Waals surface area contributed by atoms with Crippen LogP contribution in [-0.2, 0) is 9.47 Å². The Bertz CT molecular complexity index is 855. The number of methoxy groups -OCH3 is 2. The number of carbonyl (C=O) groups excluding carboxylic acids is 4. The first kappa shape index (κ1) is 16.2. The molecule has 0 N–H and O–H groups in total. The quantitative estimate of drug-likeness (QED) is 0.596. The summed E-state index contributed by atoms with van der Waals surface area (Å²) >= 11 is 0. The summed E-state index contributed by atoms with van der Waals surface area (Å²) < 4.78 is 9.15. The standard InChI is InChI=1S/C16H11N3O6/c1-24-15(22)11-9-10(12(18-17-11)16(23)25-2)14(21)19(13(9)20)8-6-4-3-5-7-8/h3-7H,1-2H3. The van der Waals surface area contributed by atoms with Crippen molar-refractivity contribution in [2.75, 3.05) is 19.1 Å². The normalized spacial score (nSPS) is 12.8. The molecule has 0 atom stereocenters. The molecule has 0 bridgehead atoms. The molecule has 2 aromatic rings. The Kier molecular flexibility index (Phi) is 3.97. The summed E-state index contributed by atoms with van der Waals surface area (Å²) in [5.41, 5.74) is -1.28. The molecule has 126 valence electrons. The Balaban J connectivity index is 2.26. The second kappa shape index (κ2) is 6.11. The van der Waals surface area contributed by atoms with Crippen molar-refractivity contribution in [2.24, 2.45) is 0 Å². The molecule has 0 radical (unpaired) electrons. The zero-order valence-corrected chi connectivity index (χ0v) is 13.2. The van der Waals surface area contributed by atoms with Crippen LogP contribution in [0, 0.1) is 0 Å². The van der Waals surface area contributed by atoms with Gasteiger partial charge in [0.15, 0.2) is 11.4 Å². The predicted octanol–water partition coefficient (Wildman–Crippen LogP) is 0.850. The number of imide groups is 1. The molecule has 1 aliphatic rings. The third kappa shape index (κ3) is 2.42. The number of amides is 2. The summed E-state index contributed by atoms with van der Waals surface area (Å²) in [4.78, 5) is 50.2. The van der Waals surface area contributed by atoms with E-state index in [1.54, 1.807) is 18.2 Å². The average Bonchev–Trinajstić information content (AvgIpc) is 2.91. The van der Waals surface area contributed by atoms with Gasteiger partial charge in [-0.25, -0.2) is 14.5 Å². The van der Waals surface area contributed by atoms with E-state index in [0.717, 1.165) is 19.1 Å². The van der Waals surface area contributed by atoms with E-state index in [-0.39, 0.29) is 16.8 Å². The van der Waals surface area contributed by atoms with E-state index in [2.05, 4.69) is 19.7 Å². The summed E-state index contributed by atoms with van der Waals surface area (Å²) in [7, 11) is 2.20. The van der Waals surface area contributed by atoms with Gasteiger partial charge >= 0.3 is 11.9 Å². The van der Waals surface area contributed by atoms with Crippen molar-refractivity contribution in [3.8, 4) is 0 Å². The lowest BCUT2D eigenvalue weighted by molar-refractivity contribution is 0.0570. The third-order valence-electron chi connectivity index (χ3n) is 3.58. The van der Waals surface area contributed by atoms with Gasteiger partial charge in [0, 0.05) is 0 Å². The van der Waals surface area contributed by atoms with Crippen molar-refractivity contribution in [1.82, 2.24) is 10.2 Å². The Labute approximate surface area is 141 Å². The number of esters is 2. The van der Waals surface area contributed by atoms with Gasteiger partial charge in [-0.2, -0.15) is 0 Å². The highest BCUT2D eigenvalue weighted by Crippen LogP contribution is 2.31. The van der Waals surface area contributed by atoms with Crippen LogP contribution >= 0.6 is 0 Å². The molecule has 3 rings (SSSR count). The first-order chi connectivity index (χ1) is 12.0. The lowest BCUT2D eigenvalue weighted by atomic mass is 10.1. The van der Waals surface area contributed by atoms with E-state index in [4.69, 9.17) is 0 Å². The number of ether oxygens (including phenoxy) is 2. The fourth-order valence-electron chi connectivity index (χ4n) is 2.46. The number of para-hydroxylation sites is 1. The topological polar surface area (TPSA) is 116 Å². The van der Waals surface area contributed by atoms with E-state index >= 15 is 0 Å². The van der Waals surface area contributed by atoms with Crippen LogP contribution in [0.4, 0.5) is 5.69 Å². The van der Waals surface area contributed by atoms with Crippen LogP contribution in [0.15, 0.2) is 30.3 Å². The molecule has 1 aromatic heterocycles. The minimum atomic E-state index is -0.948. The van der Waals surface area contributed by atoms with Gasteiger partial charge in [0.2, 0.25) is 0 Å². The number of hydrogen-bond acceptors (Lipinski definition) is 8. The Morgan fingerprint density at radius 3 is 1.68 bits per heavy atom. The van der Waals surface area contributed by atoms with Crippen molar-refractivity contribution in [3.05, 3.63) is 52.8 Å². The summed E-state index contributed by atoms with van der Waals surface area (Å²) in [5, 5.41) is 7.16. The predicted molar refractivity (Wildman–Crippen MR) is 82.3 cm³/mol. The fourth-order valence-corrected chi connectivity index (χ4v) is 2.46. The summed E-state index contributed by atoms with van der Waals surface area (Å²) in [6.45, 7) is 0. The minimum absolute atomic E-state index is 0.278. The van der Waals surface area contributed by atoms with Crippen molar-refractivity contribution in [1.29, 1.82) is 0 Å². The third-order valence-corrected chi connectivity index (χ3v) is 3.58. The molecule has 9 heteroatoms. The zero-order chi connectivity index (χ0) is 18.1. The molecule has 0 fully saturated rings. The molecule has 0 saturated carbocycles. The van der Waals surface area contributed by atoms with E-state index in [9.17, 15) is 19.2 Å². The first-order valence-electron chi connectivity index (χ1n) is 7.02. The molecule has 0 unspecified atom stereocenters. The van der Waals surface area contributed by atoms with Gasteiger partial charge in [0.1, 0.15) is 0 Å². The molecule has 0 aliphatic carbocycles. The van der Waals surface area contributed by atoms with Crippen LogP contribution < -0.4 is 4.90 Å². The Morgan fingerprint density at radius 2 is 1.28 bits per heavy atom. The fraction of sp³-hybridized carbons (Fsp3) is 0.125. The second-order valence-corrected chi connectivity index (χ2v) is 4.91. The molecule has 0 saturated heterocycles. The van der Waals surface area contributed by atoms with Crippen molar-refractivity contribution < 1.29 is 28.7 Å². The number of nitrogens with zero attached hydrogens (tertiary/aromatic N) is 3. The monoisotopic (exact) mass is 341 g/mol. The summed E-state index contributed by atoms with van der Waals surface area (Å²) in [6, 6.07) is 8.07. The first-order valence-corrected chi connectivity index (χ1v) is 7.02. The van der Waals surface area contributed by atoms with Gasteiger partial charge < -0.3 is 9.47 Å². The van der Waals surface area contributed by atoms with Gasteiger partial charge in [-0.1, -0.05) is 18.2 Å². The lowest BCUT2D eigenvalue weighted by Crippen LogP contribution is -2.30. The molecule has 0 spiro atoms. The Morgan fingerprint density at radius 1 is 0.840 bits per heavy atom. The molecule has 2 heterocycles. The smallest absolute Gasteiger partial charge is 0.359 e. The highest BCUT2D eigenvalue weighted by atomic mass is 16.5. The molecule has 2 amide bonds. The van der Waals surface area contributed by atoms with Crippen molar-refractivity contribution >= 4 is 29.4 Å². The van der Waals surface area contributed by atoms with Crippen LogP contribution in [0.5, 0.6) is 0 Å². The maximum Gasteiger partial charge on any atom is 0.359 e. The van der Waals surface area contributed by atoms with Gasteiger partial charge in [0.05, 0.1) is 31.0 Å². The summed E-state index contributed by atoms with van der Waals surface area (Å²) in [6.07, 6.45) is 0. The lowest BCUT2D eigenvalue weighted by Gasteiger charge is -2.13. The van der Waals surface area contributed by atoms with Gasteiger partial charge in [-0.05, 0) is 12.1 Å². The van der Waals surface area contributed by atoms with Crippen LogP contribution in [0.1, 0.15) is 41.7 Å². The summed E-state index contributed by atoms with van der Waals surface area (Å²) in [5.74, 6) is -3.49. The number of benzene rings is 1. The number of hydrogen-bond donors (Lipinski definition) is 0. The number of fused-ring (bicyclic) bond motifs is 1. The molecule has 1 aliphatic heterocycles. The van der Waals surface area contributed by atoms with Gasteiger partial charge in [-0.15, -0.1) is 10.2 Å². The largest absolute Gasteiger partial charge is 0.464 e. The van der Waals surface area contributed by atoms with Gasteiger partial charge in [0.25, 0.3) is 11.8 Å². The molecule has 1 aromatic carbocycles. The van der Waals surface area contributed by atoms with E-state index in [1.807, 2.05) is 0 Å². The van der Waals surface area contributed by atoms with Crippen LogP contribution in [0.3, 0.4) is 0 Å². The van der Waals surface area contributed by atoms with E-state index in [0.29, 0.717) is 0 Å². The Hall–Kier alpha value is -3.62. The number of rotatable bonds is 3. The number of anilines is 1. The number of carbonyl (C=O) groups is 4.